The third-order valence-electron chi connectivity index (χ3n) is 4.75. The van der Waals surface area contributed by atoms with E-state index in [-0.39, 0.29) is 35.9 Å². The molecular formula is C21H26Cl2IN5O. The van der Waals surface area contributed by atoms with Crippen molar-refractivity contribution in [2.75, 3.05) is 38.1 Å². The standard InChI is InChI=1S/C21H25Cl2N5O.HI/c1-24-21(26-11-10-25-20(29)18-7-2-3-8-19(18)23)27-16-9-12-28(14-16)17-6-4-5-15(22)13-17;/h2-8,13,16H,9-12,14H2,1H3,(H,25,29)(H2,24,26,27);1H. The molecule has 1 amide bonds. The van der Waals surface area contributed by atoms with E-state index >= 15 is 0 Å². The maximum Gasteiger partial charge on any atom is 0.252 e. The number of guanidine groups is 1. The van der Waals surface area contributed by atoms with Gasteiger partial charge >= 0.3 is 0 Å². The molecule has 1 aliphatic heterocycles. The summed E-state index contributed by atoms with van der Waals surface area (Å²) < 4.78 is 0. The topological polar surface area (TPSA) is 68.8 Å². The summed E-state index contributed by atoms with van der Waals surface area (Å²) >= 11 is 12.1. The first-order valence-electron chi connectivity index (χ1n) is 9.57. The summed E-state index contributed by atoms with van der Waals surface area (Å²) in [4.78, 5) is 18.7. The van der Waals surface area contributed by atoms with Crippen LogP contribution in [0.25, 0.3) is 0 Å². The fourth-order valence-corrected chi connectivity index (χ4v) is 3.68. The van der Waals surface area contributed by atoms with Crippen molar-refractivity contribution in [1.82, 2.24) is 16.0 Å². The van der Waals surface area contributed by atoms with Crippen LogP contribution in [0.4, 0.5) is 5.69 Å². The number of halogens is 3. The number of carbonyl (C=O) groups excluding carboxylic acids is 1. The van der Waals surface area contributed by atoms with Crippen LogP contribution < -0.4 is 20.9 Å². The molecular weight excluding hydrogens is 536 g/mol. The quantitative estimate of drug-likeness (QED) is 0.217. The summed E-state index contributed by atoms with van der Waals surface area (Å²) in [5.74, 6) is 0.531. The van der Waals surface area contributed by atoms with Gasteiger partial charge in [-0.15, -0.1) is 24.0 Å². The number of nitrogens with zero attached hydrogens (tertiary/aromatic N) is 2. The second kappa shape index (κ2) is 12.2. The van der Waals surface area contributed by atoms with Crippen LogP contribution in [-0.2, 0) is 0 Å². The van der Waals surface area contributed by atoms with Gasteiger partial charge in [-0.25, -0.2) is 0 Å². The van der Waals surface area contributed by atoms with E-state index in [0.717, 1.165) is 36.2 Å². The second-order valence-corrected chi connectivity index (χ2v) is 7.63. The van der Waals surface area contributed by atoms with Gasteiger partial charge in [0.2, 0.25) is 0 Å². The molecule has 0 saturated carbocycles. The molecule has 1 unspecified atom stereocenters. The highest BCUT2D eigenvalue weighted by Crippen LogP contribution is 2.23. The van der Waals surface area contributed by atoms with E-state index in [9.17, 15) is 4.79 Å². The van der Waals surface area contributed by atoms with Crippen molar-refractivity contribution in [3.05, 3.63) is 64.1 Å². The van der Waals surface area contributed by atoms with E-state index in [2.05, 4.69) is 31.9 Å². The molecule has 1 atom stereocenters. The van der Waals surface area contributed by atoms with Crippen molar-refractivity contribution >= 4 is 64.7 Å². The van der Waals surface area contributed by atoms with E-state index in [0.29, 0.717) is 23.7 Å². The van der Waals surface area contributed by atoms with Crippen LogP contribution in [0.1, 0.15) is 16.8 Å². The fraction of sp³-hybridized carbons (Fsp3) is 0.333. The SMILES string of the molecule is CN=C(NCCNC(=O)c1ccccc1Cl)NC1CCN(c2cccc(Cl)c2)C1.I. The van der Waals surface area contributed by atoms with E-state index in [4.69, 9.17) is 23.2 Å². The van der Waals surface area contributed by atoms with E-state index in [1.54, 1.807) is 31.3 Å². The highest BCUT2D eigenvalue weighted by atomic mass is 127. The van der Waals surface area contributed by atoms with E-state index in [1.807, 2.05) is 18.2 Å². The van der Waals surface area contributed by atoms with Gasteiger partial charge in [-0.2, -0.15) is 0 Å². The van der Waals surface area contributed by atoms with Gasteiger partial charge in [-0.3, -0.25) is 9.79 Å². The van der Waals surface area contributed by atoms with Gasteiger partial charge in [-0.1, -0.05) is 41.4 Å². The van der Waals surface area contributed by atoms with Gasteiger partial charge in [0.1, 0.15) is 0 Å². The Balaban J connectivity index is 0.00000320. The number of hydrogen-bond acceptors (Lipinski definition) is 3. The molecule has 162 valence electrons. The van der Waals surface area contributed by atoms with Crippen LogP contribution in [0, 0.1) is 0 Å². The first kappa shape index (κ1) is 24.6. The summed E-state index contributed by atoms with van der Waals surface area (Å²) in [6, 6.07) is 15.2. The molecule has 1 saturated heterocycles. The largest absolute Gasteiger partial charge is 0.369 e. The monoisotopic (exact) mass is 561 g/mol. The number of hydrogen-bond donors (Lipinski definition) is 3. The minimum atomic E-state index is -0.187. The van der Waals surface area contributed by atoms with Crippen molar-refractivity contribution in [2.45, 2.75) is 12.5 Å². The van der Waals surface area contributed by atoms with Crippen molar-refractivity contribution in [1.29, 1.82) is 0 Å². The normalized spacial score (nSPS) is 16.0. The second-order valence-electron chi connectivity index (χ2n) is 6.79. The predicted molar refractivity (Wildman–Crippen MR) is 136 cm³/mol. The van der Waals surface area contributed by atoms with Gasteiger partial charge in [0.05, 0.1) is 10.6 Å². The third kappa shape index (κ3) is 6.92. The van der Waals surface area contributed by atoms with Crippen molar-refractivity contribution in [3.63, 3.8) is 0 Å². The maximum absolute atomic E-state index is 12.2. The molecule has 9 heteroatoms. The molecule has 0 radical (unpaired) electrons. The lowest BCUT2D eigenvalue weighted by Crippen LogP contribution is -2.46. The van der Waals surface area contributed by atoms with Crippen molar-refractivity contribution < 1.29 is 4.79 Å². The zero-order chi connectivity index (χ0) is 20.6. The number of anilines is 1. The summed E-state index contributed by atoms with van der Waals surface area (Å²) in [5.41, 5.74) is 1.61. The molecule has 1 fully saturated rings. The van der Waals surface area contributed by atoms with Crippen LogP contribution in [0.2, 0.25) is 10.0 Å². The lowest BCUT2D eigenvalue weighted by atomic mass is 10.2. The number of benzene rings is 2. The first-order valence-corrected chi connectivity index (χ1v) is 10.3. The number of rotatable bonds is 6. The van der Waals surface area contributed by atoms with Crippen LogP contribution in [-0.4, -0.2) is 51.1 Å². The van der Waals surface area contributed by atoms with Crippen LogP contribution >= 0.6 is 47.2 Å². The average molecular weight is 562 g/mol. The van der Waals surface area contributed by atoms with Crippen molar-refractivity contribution in [2.24, 2.45) is 4.99 Å². The molecule has 0 aromatic heterocycles. The molecule has 6 nitrogen and oxygen atoms in total. The molecule has 2 aromatic carbocycles. The first-order chi connectivity index (χ1) is 14.1. The van der Waals surface area contributed by atoms with Gasteiger partial charge in [0.25, 0.3) is 5.91 Å². The van der Waals surface area contributed by atoms with E-state index < -0.39 is 0 Å². The zero-order valence-electron chi connectivity index (χ0n) is 16.7. The Morgan fingerprint density at radius 3 is 2.63 bits per heavy atom. The fourth-order valence-electron chi connectivity index (χ4n) is 3.27. The van der Waals surface area contributed by atoms with Gasteiger partial charge in [0, 0.05) is 50.0 Å². The molecule has 3 rings (SSSR count). The zero-order valence-corrected chi connectivity index (χ0v) is 20.5. The molecule has 0 bridgehead atoms. The Hall–Kier alpha value is -1.71. The van der Waals surface area contributed by atoms with Crippen LogP contribution in [0.15, 0.2) is 53.5 Å². The highest BCUT2D eigenvalue weighted by Gasteiger charge is 2.23. The van der Waals surface area contributed by atoms with Gasteiger partial charge < -0.3 is 20.9 Å². The Morgan fingerprint density at radius 1 is 1.13 bits per heavy atom. The van der Waals surface area contributed by atoms with Gasteiger partial charge in [-0.05, 0) is 36.8 Å². The number of amides is 1. The number of carbonyl (C=O) groups is 1. The summed E-state index contributed by atoms with van der Waals surface area (Å²) in [5, 5.41) is 10.7. The molecule has 2 aromatic rings. The third-order valence-corrected chi connectivity index (χ3v) is 5.31. The molecule has 1 heterocycles. The molecule has 3 N–H and O–H groups in total. The van der Waals surface area contributed by atoms with E-state index in [1.165, 1.54) is 0 Å². The molecule has 0 aliphatic carbocycles. The molecule has 1 aliphatic rings. The predicted octanol–water partition coefficient (Wildman–Crippen LogP) is 3.79. The maximum atomic E-state index is 12.2. The van der Waals surface area contributed by atoms with Crippen LogP contribution in [0.3, 0.4) is 0 Å². The van der Waals surface area contributed by atoms with Gasteiger partial charge in [0.15, 0.2) is 5.96 Å². The summed E-state index contributed by atoms with van der Waals surface area (Å²) in [7, 11) is 1.74. The summed E-state index contributed by atoms with van der Waals surface area (Å²) in [6.45, 7) is 2.86. The Labute approximate surface area is 204 Å². The minimum absolute atomic E-state index is 0. The Morgan fingerprint density at radius 2 is 1.90 bits per heavy atom. The lowest BCUT2D eigenvalue weighted by molar-refractivity contribution is 0.0954. The number of aliphatic imine (C=N–C) groups is 1. The summed E-state index contributed by atoms with van der Waals surface area (Å²) in [6.07, 6.45) is 1.01. The smallest absolute Gasteiger partial charge is 0.252 e. The number of nitrogens with one attached hydrogen (secondary N) is 3. The van der Waals surface area contributed by atoms with Crippen LogP contribution in [0.5, 0.6) is 0 Å². The molecule has 30 heavy (non-hydrogen) atoms. The Bertz CT molecular complexity index is 880. The average Bonchev–Trinajstić information content (AvgIpc) is 3.19. The van der Waals surface area contributed by atoms with Crippen molar-refractivity contribution in [3.8, 4) is 0 Å². The molecule has 0 spiro atoms. The highest BCUT2D eigenvalue weighted by molar-refractivity contribution is 14.0. The lowest BCUT2D eigenvalue weighted by Gasteiger charge is -2.20. The Kier molecular flexibility index (Phi) is 10.0. The minimum Gasteiger partial charge on any atom is -0.369 e.